The van der Waals surface area contributed by atoms with Gasteiger partial charge in [0.25, 0.3) is 0 Å². The maximum absolute atomic E-state index is 13.9. The van der Waals surface area contributed by atoms with Gasteiger partial charge in [-0.25, -0.2) is 4.39 Å². The van der Waals surface area contributed by atoms with Gasteiger partial charge in [0.05, 0.1) is 18.3 Å². The zero-order chi connectivity index (χ0) is 13.3. The Morgan fingerprint density at radius 3 is 2.72 bits per heavy atom. The maximum Gasteiger partial charge on any atom is 0.241 e. The molecule has 98 valence electrons. The van der Waals surface area contributed by atoms with Crippen LogP contribution in [0.3, 0.4) is 0 Å². The van der Waals surface area contributed by atoms with Crippen LogP contribution in [0.4, 0.5) is 10.1 Å². The predicted octanol–water partition coefficient (Wildman–Crippen LogP) is 1.16. The Morgan fingerprint density at radius 1 is 1.39 bits per heavy atom. The Balaban J connectivity index is 2.36. The Kier molecular flexibility index (Phi) is 3.52. The van der Waals surface area contributed by atoms with E-state index in [9.17, 15) is 14.3 Å². The molecule has 0 bridgehead atoms. The number of carbonyl (C=O) groups excluding carboxylic acids is 1. The van der Waals surface area contributed by atoms with E-state index in [2.05, 4.69) is 0 Å². The highest BCUT2D eigenvalue weighted by molar-refractivity contribution is 5.83. The number of hydrogen-bond donors (Lipinski definition) is 1. The highest BCUT2D eigenvalue weighted by Crippen LogP contribution is 2.30. The molecule has 1 saturated heterocycles. The summed E-state index contributed by atoms with van der Waals surface area (Å²) in [5.74, 6) is -0.438. The summed E-state index contributed by atoms with van der Waals surface area (Å²) in [4.78, 5) is 15.0. The van der Waals surface area contributed by atoms with Crippen LogP contribution >= 0.6 is 0 Å². The van der Waals surface area contributed by atoms with E-state index in [0.29, 0.717) is 24.3 Å². The molecule has 1 atom stereocenters. The minimum atomic E-state index is -0.759. The Morgan fingerprint density at radius 2 is 2.11 bits per heavy atom. The van der Waals surface area contributed by atoms with Gasteiger partial charge in [-0.3, -0.25) is 4.79 Å². The number of likely N-dealkylation sites (N-methyl/N-ethyl adjacent to an activating group) is 1. The second-order valence-corrected chi connectivity index (χ2v) is 4.59. The predicted molar refractivity (Wildman–Crippen MR) is 66.9 cm³/mol. The molecule has 1 aliphatic heterocycles. The van der Waals surface area contributed by atoms with Crippen LogP contribution in [0, 0.1) is 5.82 Å². The van der Waals surface area contributed by atoms with Crippen molar-refractivity contribution in [2.45, 2.75) is 13.0 Å². The summed E-state index contributed by atoms with van der Waals surface area (Å²) in [5.41, 5.74) is 0.862. The van der Waals surface area contributed by atoms with Crippen LogP contribution in [0.25, 0.3) is 0 Å². The smallest absolute Gasteiger partial charge is 0.241 e. The molecule has 0 aromatic heterocycles. The first kappa shape index (κ1) is 12.8. The van der Waals surface area contributed by atoms with Crippen LogP contribution in [-0.4, -0.2) is 42.6 Å². The molecule has 4 nitrogen and oxygen atoms in total. The first-order valence-electron chi connectivity index (χ1n) is 5.96. The summed E-state index contributed by atoms with van der Waals surface area (Å²) in [5, 5.41) is 9.69. The third-order valence-electron chi connectivity index (χ3n) is 3.24. The number of rotatable bonds is 2. The van der Waals surface area contributed by atoms with Crippen molar-refractivity contribution < 1.29 is 14.3 Å². The molecule has 0 saturated carbocycles. The van der Waals surface area contributed by atoms with Gasteiger partial charge in [-0.15, -0.1) is 0 Å². The first-order valence-corrected chi connectivity index (χ1v) is 5.96. The molecule has 2 rings (SSSR count). The molecule has 1 amide bonds. The van der Waals surface area contributed by atoms with Crippen molar-refractivity contribution in [1.29, 1.82) is 0 Å². The van der Waals surface area contributed by atoms with Crippen LogP contribution in [-0.2, 0) is 4.79 Å². The fourth-order valence-corrected chi connectivity index (χ4v) is 2.15. The van der Waals surface area contributed by atoms with Gasteiger partial charge in [-0.05, 0) is 13.0 Å². The topological polar surface area (TPSA) is 43.8 Å². The van der Waals surface area contributed by atoms with Crippen molar-refractivity contribution in [2.75, 3.05) is 31.6 Å². The summed E-state index contributed by atoms with van der Waals surface area (Å²) in [6.07, 6.45) is -0.759. The van der Waals surface area contributed by atoms with E-state index in [-0.39, 0.29) is 12.5 Å². The van der Waals surface area contributed by atoms with Gasteiger partial charge in [0.2, 0.25) is 5.91 Å². The molecule has 0 unspecified atom stereocenters. The van der Waals surface area contributed by atoms with Crippen molar-refractivity contribution >= 4 is 11.6 Å². The third-order valence-corrected chi connectivity index (χ3v) is 3.24. The summed E-state index contributed by atoms with van der Waals surface area (Å²) in [6, 6.07) is 4.61. The number of hydrogen-bond acceptors (Lipinski definition) is 3. The SMILES string of the molecule is C[C@H](O)c1cccc(F)c1N1CCN(C)C(=O)C1. The van der Waals surface area contributed by atoms with E-state index in [0.717, 1.165) is 0 Å². The fourth-order valence-electron chi connectivity index (χ4n) is 2.15. The van der Waals surface area contributed by atoms with Gasteiger partial charge >= 0.3 is 0 Å². The molecule has 0 radical (unpaired) electrons. The number of piperazine rings is 1. The second kappa shape index (κ2) is 4.94. The summed E-state index contributed by atoms with van der Waals surface area (Å²) >= 11 is 0. The summed E-state index contributed by atoms with van der Waals surface area (Å²) in [7, 11) is 1.73. The molecule has 1 heterocycles. The van der Waals surface area contributed by atoms with Gasteiger partial charge in [-0.2, -0.15) is 0 Å². The van der Waals surface area contributed by atoms with Crippen molar-refractivity contribution in [1.82, 2.24) is 4.90 Å². The number of benzene rings is 1. The fraction of sp³-hybridized carbons (Fsp3) is 0.462. The number of para-hydroxylation sites is 1. The van der Waals surface area contributed by atoms with Crippen molar-refractivity contribution in [3.8, 4) is 0 Å². The summed E-state index contributed by atoms with van der Waals surface area (Å²) in [6.45, 7) is 2.88. The highest BCUT2D eigenvalue weighted by atomic mass is 19.1. The van der Waals surface area contributed by atoms with Crippen molar-refractivity contribution in [3.63, 3.8) is 0 Å². The lowest BCUT2D eigenvalue weighted by Crippen LogP contribution is -2.49. The zero-order valence-corrected chi connectivity index (χ0v) is 10.6. The number of halogens is 1. The highest BCUT2D eigenvalue weighted by Gasteiger charge is 2.25. The number of aliphatic hydroxyl groups excluding tert-OH is 1. The normalized spacial score (nSPS) is 18.1. The zero-order valence-electron chi connectivity index (χ0n) is 10.6. The van der Waals surface area contributed by atoms with Crippen LogP contribution in [0.15, 0.2) is 18.2 Å². The molecule has 1 aromatic carbocycles. The van der Waals surface area contributed by atoms with Gasteiger partial charge in [-0.1, -0.05) is 12.1 Å². The van der Waals surface area contributed by atoms with Crippen LogP contribution < -0.4 is 4.90 Å². The van der Waals surface area contributed by atoms with Crippen molar-refractivity contribution in [2.24, 2.45) is 0 Å². The lowest BCUT2D eigenvalue weighted by molar-refractivity contribution is -0.129. The number of carbonyl (C=O) groups is 1. The first-order chi connectivity index (χ1) is 8.50. The number of anilines is 1. The lowest BCUT2D eigenvalue weighted by atomic mass is 10.1. The largest absolute Gasteiger partial charge is 0.389 e. The molecule has 0 aliphatic carbocycles. The monoisotopic (exact) mass is 252 g/mol. The van der Waals surface area contributed by atoms with E-state index in [1.807, 2.05) is 0 Å². The van der Waals surface area contributed by atoms with E-state index in [1.165, 1.54) is 6.07 Å². The van der Waals surface area contributed by atoms with Crippen LogP contribution in [0.5, 0.6) is 0 Å². The Bertz CT molecular complexity index is 462. The average molecular weight is 252 g/mol. The van der Waals surface area contributed by atoms with E-state index >= 15 is 0 Å². The molecule has 5 heteroatoms. The Labute approximate surface area is 106 Å². The number of aliphatic hydroxyl groups is 1. The molecule has 1 fully saturated rings. The molecule has 18 heavy (non-hydrogen) atoms. The molecule has 0 spiro atoms. The van der Waals surface area contributed by atoms with Gasteiger partial charge in [0, 0.05) is 25.7 Å². The number of nitrogens with zero attached hydrogens (tertiary/aromatic N) is 2. The molecule has 1 aliphatic rings. The van der Waals surface area contributed by atoms with Gasteiger partial charge < -0.3 is 14.9 Å². The third kappa shape index (κ3) is 2.31. The minimum absolute atomic E-state index is 0.0407. The number of amides is 1. The molecule has 1 aromatic rings. The molecular weight excluding hydrogens is 235 g/mol. The minimum Gasteiger partial charge on any atom is -0.389 e. The Hall–Kier alpha value is -1.62. The van der Waals surface area contributed by atoms with Gasteiger partial charge in [0.1, 0.15) is 5.82 Å². The molecule has 1 N–H and O–H groups in total. The average Bonchev–Trinajstić information content (AvgIpc) is 2.32. The van der Waals surface area contributed by atoms with Gasteiger partial charge in [0.15, 0.2) is 0 Å². The standard InChI is InChI=1S/C13H17FN2O2/c1-9(17)10-4-3-5-11(14)13(10)16-7-6-15(2)12(18)8-16/h3-5,9,17H,6-8H2,1-2H3/t9-/m0/s1. The second-order valence-electron chi connectivity index (χ2n) is 4.59. The van der Waals surface area contributed by atoms with Crippen LogP contribution in [0.1, 0.15) is 18.6 Å². The van der Waals surface area contributed by atoms with E-state index < -0.39 is 11.9 Å². The molecular formula is C13H17FN2O2. The van der Waals surface area contributed by atoms with Crippen LogP contribution in [0.2, 0.25) is 0 Å². The van der Waals surface area contributed by atoms with Crippen molar-refractivity contribution in [3.05, 3.63) is 29.6 Å². The maximum atomic E-state index is 13.9. The quantitative estimate of drug-likeness (QED) is 0.859. The summed E-state index contributed by atoms with van der Waals surface area (Å²) < 4.78 is 13.9. The van der Waals surface area contributed by atoms with E-state index in [1.54, 1.807) is 35.9 Å². The lowest BCUT2D eigenvalue weighted by Gasteiger charge is -2.35. The van der Waals surface area contributed by atoms with E-state index in [4.69, 9.17) is 0 Å².